The molecule has 0 fully saturated rings. The molecule has 4 nitrogen and oxygen atoms in total. The summed E-state index contributed by atoms with van der Waals surface area (Å²) in [5.41, 5.74) is 7.96. The molecule has 1 aliphatic rings. The molecular formula is C13H15N3O. The molecule has 2 atom stereocenters. The zero-order chi connectivity index (χ0) is 11.8. The second-order valence-electron chi connectivity index (χ2n) is 4.41. The maximum absolute atomic E-state index is 5.55. The fourth-order valence-corrected chi connectivity index (χ4v) is 2.34. The van der Waals surface area contributed by atoms with Crippen LogP contribution in [0, 0.1) is 0 Å². The number of aromatic nitrogens is 1. The van der Waals surface area contributed by atoms with Crippen LogP contribution in [0.4, 0.5) is 0 Å². The van der Waals surface area contributed by atoms with Gasteiger partial charge in [0.15, 0.2) is 0 Å². The molecule has 0 aliphatic carbocycles. The lowest BCUT2D eigenvalue weighted by atomic mass is 9.95. The number of nitrogens with zero attached hydrogens (tertiary/aromatic N) is 1. The molecule has 2 unspecified atom stereocenters. The van der Waals surface area contributed by atoms with E-state index in [9.17, 15) is 0 Å². The molecule has 1 aromatic heterocycles. The molecule has 2 heterocycles. The van der Waals surface area contributed by atoms with Crippen LogP contribution in [-0.4, -0.2) is 23.7 Å². The van der Waals surface area contributed by atoms with Crippen LogP contribution in [0.15, 0.2) is 35.5 Å². The average molecular weight is 229 g/mol. The summed E-state index contributed by atoms with van der Waals surface area (Å²) in [4.78, 5) is 7.37. The van der Waals surface area contributed by atoms with Gasteiger partial charge in [-0.25, -0.2) is 4.99 Å². The molecule has 0 bridgehead atoms. The van der Waals surface area contributed by atoms with Crippen LogP contribution in [0.1, 0.15) is 18.4 Å². The molecule has 1 aliphatic heterocycles. The van der Waals surface area contributed by atoms with E-state index in [0.717, 1.165) is 5.52 Å². The minimum atomic E-state index is 0.0502. The van der Waals surface area contributed by atoms with Crippen LogP contribution < -0.4 is 5.73 Å². The van der Waals surface area contributed by atoms with E-state index in [-0.39, 0.29) is 12.0 Å². The molecule has 1 aromatic carbocycles. The SMILES string of the molecule is CC(c1c[nH]c2ccccc12)C1CN=C(N)O1. The number of rotatable bonds is 2. The van der Waals surface area contributed by atoms with E-state index in [0.29, 0.717) is 12.6 Å². The van der Waals surface area contributed by atoms with Gasteiger partial charge in [-0.2, -0.15) is 0 Å². The van der Waals surface area contributed by atoms with Gasteiger partial charge in [-0.05, 0) is 11.6 Å². The third kappa shape index (κ3) is 1.65. The van der Waals surface area contributed by atoms with Gasteiger partial charge < -0.3 is 15.5 Å². The number of benzene rings is 1. The molecule has 2 aromatic rings. The van der Waals surface area contributed by atoms with Gasteiger partial charge in [0.2, 0.25) is 0 Å². The second kappa shape index (κ2) is 3.80. The van der Waals surface area contributed by atoms with Crippen molar-refractivity contribution in [1.29, 1.82) is 0 Å². The first kappa shape index (κ1) is 10.2. The zero-order valence-corrected chi connectivity index (χ0v) is 9.68. The molecule has 0 saturated heterocycles. The number of hydrogen-bond donors (Lipinski definition) is 2. The van der Waals surface area contributed by atoms with E-state index >= 15 is 0 Å². The molecule has 3 N–H and O–H groups in total. The number of aromatic amines is 1. The monoisotopic (exact) mass is 229 g/mol. The molecule has 0 spiro atoms. The molecule has 88 valence electrons. The number of amidine groups is 1. The van der Waals surface area contributed by atoms with Crippen molar-refractivity contribution in [3.05, 3.63) is 36.0 Å². The summed E-state index contributed by atoms with van der Waals surface area (Å²) in [6.07, 6.45) is 2.10. The van der Waals surface area contributed by atoms with Gasteiger partial charge in [-0.3, -0.25) is 0 Å². The molecular weight excluding hydrogens is 214 g/mol. The van der Waals surface area contributed by atoms with E-state index in [4.69, 9.17) is 10.5 Å². The second-order valence-corrected chi connectivity index (χ2v) is 4.41. The standard InChI is InChI=1S/C13H15N3O/c1-8(12-7-16-13(14)17-12)10-6-15-11-5-3-2-4-9(10)11/h2-6,8,12,15H,7H2,1H3,(H2,14,16). The number of fused-ring (bicyclic) bond motifs is 1. The van der Waals surface area contributed by atoms with E-state index in [1.165, 1.54) is 10.9 Å². The van der Waals surface area contributed by atoms with Gasteiger partial charge >= 0.3 is 0 Å². The Morgan fingerprint density at radius 2 is 2.29 bits per heavy atom. The summed E-state index contributed by atoms with van der Waals surface area (Å²) in [7, 11) is 0. The van der Waals surface area contributed by atoms with Crippen molar-refractivity contribution in [2.75, 3.05) is 6.54 Å². The van der Waals surface area contributed by atoms with Gasteiger partial charge in [0, 0.05) is 23.0 Å². The van der Waals surface area contributed by atoms with E-state index < -0.39 is 0 Å². The Balaban J connectivity index is 1.93. The Kier molecular flexibility index (Phi) is 2.28. The van der Waals surface area contributed by atoms with Gasteiger partial charge in [-0.15, -0.1) is 0 Å². The predicted octanol–water partition coefficient (Wildman–Crippen LogP) is 1.98. The van der Waals surface area contributed by atoms with E-state index in [1.807, 2.05) is 18.3 Å². The van der Waals surface area contributed by atoms with Crippen LogP contribution in [0.5, 0.6) is 0 Å². The van der Waals surface area contributed by atoms with Gasteiger partial charge in [0.25, 0.3) is 6.02 Å². The Labute approximate surface area is 99.5 Å². The largest absolute Gasteiger partial charge is 0.460 e. The Bertz CT molecular complexity index is 573. The normalized spacial score (nSPS) is 21.2. The van der Waals surface area contributed by atoms with Crippen LogP contribution in [0.2, 0.25) is 0 Å². The number of aliphatic imine (C=N–C) groups is 1. The highest BCUT2D eigenvalue weighted by molar-refractivity contribution is 5.83. The quantitative estimate of drug-likeness (QED) is 0.827. The number of H-pyrrole nitrogens is 1. The molecule has 0 radical (unpaired) electrons. The maximum Gasteiger partial charge on any atom is 0.282 e. The van der Waals surface area contributed by atoms with Crippen molar-refractivity contribution < 1.29 is 4.74 Å². The van der Waals surface area contributed by atoms with Crippen LogP contribution >= 0.6 is 0 Å². The topological polar surface area (TPSA) is 63.4 Å². The van der Waals surface area contributed by atoms with Crippen molar-refractivity contribution >= 4 is 16.9 Å². The van der Waals surface area contributed by atoms with Crippen LogP contribution in [-0.2, 0) is 4.74 Å². The van der Waals surface area contributed by atoms with E-state index in [1.54, 1.807) is 0 Å². The van der Waals surface area contributed by atoms with Crippen molar-refractivity contribution in [2.45, 2.75) is 18.9 Å². The summed E-state index contributed by atoms with van der Waals surface area (Å²) in [6, 6.07) is 8.58. The first-order chi connectivity index (χ1) is 8.25. The summed E-state index contributed by atoms with van der Waals surface area (Å²) >= 11 is 0. The average Bonchev–Trinajstić information content (AvgIpc) is 2.94. The molecule has 4 heteroatoms. The predicted molar refractivity (Wildman–Crippen MR) is 68.1 cm³/mol. The summed E-state index contributed by atoms with van der Waals surface area (Å²) in [5, 5.41) is 1.24. The minimum absolute atomic E-state index is 0.0502. The minimum Gasteiger partial charge on any atom is -0.460 e. The molecule has 17 heavy (non-hydrogen) atoms. The van der Waals surface area contributed by atoms with Gasteiger partial charge in [0.05, 0.1) is 6.54 Å². The van der Waals surface area contributed by atoms with Crippen LogP contribution in [0.3, 0.4) is 0 Å². The fourth-order valence-electron chi connectivity index (χ4n) is 2.34. The number of para-hydroxylation sites is 1. The van der Waals surface area contributed by atoms with Crippen molar-refractivity contribution in [1.82, 2.24) is 4.98 Å². The lowest BCUT2D eigenvalue weighted by Gasteiger charge is -2.17. The van der Waals surface area contributed by atoms with Crippen LogP contribution in [0.25, 0.3) is 10.9 Å². The Hall–Kier alpha value is -1.97. The number of nitrogens with one attached hydrogen (secondary N) is 1. The lowest BCUT2D eigenvalue weighted by Crippen LogP contribution is -2.23. The third-order valence-corrected chi connectivity index (χ3v) is 3.37. The third-order valence-electron chi connectivity index (χ3n) is 3.37. The lowest BCUT2D eigenvalue weighted by molar-refractivity contribution is 0.194. The molecule has 3 rings (SSSR count). The fraction of sp³-hybridized carbons (Fsp3) is 0.308. The maximum atomic E-state index is 5.55. The molecule has 0 saturated carbocycles. The van der Waals surface area contributed by atoms with Crippen molar-refractivity contribution in [2.24, 2.45) is 10.7 Å². The highest BCUT2D eigenvalue weighted by Gasteiger charge is 2.27. The van der Waals surface area contributed by atoms with Crippen molar-refractivity contribution in [3.8, 4) is 0 Å². The van der Waals surface area contributed by atoms with Crippen molar-refractivity contribution in [3.63, 3.8) is 0 Å². The highest BCUT2D eigenvalue weighted by Crippen LogP contribution is 2.30. The first-order valence-corrected chi connectivity index (χ1v) is 5.78. The summed E-state index contributed by atoms with van der Waals surface area (Å²) < 4.78 is 5.51. The van der Waals surface area contributed by atoms with Gasteiger partial charge in [0.1, 0.15) is 6.10 Å². The summed E-state index contributed by atoms with van der Waals surface area (Å²) in [6.45, 7) is 2.79. The number of ether oxygens (including phenoxy) is 1. The highest BCUT2D eigenvalue weighted by atomic mass is 16.5. The smallest absolute Gasteiger partial charge is 0.282 e. The first-order valence-electron chi connectivity index (χ1n) is 5.78. The van der Waals surface area contributed by atoms with Gasteiger partial charge in [-0.1, -0.05) is 25.1 Å². The molecule has 0 amide bonds. The Morgan fingerprint density at radius 1 is 1.47 bits per heavy atom. The zero-order valence-electron chi connectivity index (χ0n) is 9.68. The Morgan fingerprint density at radius 3 is 3.06 bits per heavy atom. The van der Waals surface area contributed by atoms with E-state index in [2.05, 4.69) is 29.0 Å². The number of nitrogens with two attached hydrogens (primary N) is 1. The number of hydrogen-bond acceptors (Lipinski definition) is 3. The summed E-state index contributed by atoms with van der Waals surface area (Å²) in [5.74, 6) is 0.274.